The lowest BCUT2D eigenvalue weighted by Crippen LogP contribution is -2.31. The predicted octanol–water partition coefficient (Wildman–Crippen LogP) is 3.23. The summed E-state index contributed by atoms with van der Waals surface area (Å²) in [5.74, 6) is -0.532. The number of imide groups is 1. The number of carbonyl (C=O) groups excluding carboxylic acids is 2. The van der Waals surface area contributed by atoms with Crippen LogP contribution in [0.25, 0.3) is 0 Å². The molecule has 1 unspecified atom stereocenters. The van der Waals surface area contributed by atoms with Crippen LogP contribution in [0, 0.1) is 0 Å². The Kier molecular flexibility index (Phi) is 5.59. The summed E-state index contributed by atoms with van der Waals surface area (Å²) in [5.41, 5.74) is 0.900. The van der Waals surface area contributed by atoms with Gasteiger partial charge in [-0.25, -0.2) is 0 Å². The molecular formula is C15H19NO4P+. The van der Waals surface area contributed by atoms with Crippen molar-refractivity contribution in [3.63, 3.8) is 0 Å². The number of carbonyl (C=O) groups is 2. The molecule has 0 fully saturated rings. The highest BCUT2D eigenvalue weighted by Crippen LogP contribution is 2.26. The fourth-order valence-corrected chi connectivity index (χ4v) is 3.04. The van der Waals surface area contributed by atoms with Gasteiger partial charge in [0.25, 0.3) is 11.8 Å². The minimum Gasteiger partial charge on any atom is -0.274 e. The van der Waals surface area contributed by atoms with Crippen molar-refractivity contribution in [2.75, 3.05) is 19.3 Å². The highest BCUT2D eigenvalue weighted by Gasteiger charge is 2.35. The third-order valence-corrected chi connectivity index (χ3v) is 4.49. The van der Waals surface area contributed by atoms with Crippen molar-refractivity contribution >= 4 is 19.8 Å². The molecule has 1 aliphatic heterocycles. The Hall–Kier alpha value is -1.58. The van der Waals surface area contributed by atoms with Crippen molar-refractivity contribution in [3.8, 4) is 0 Å². The molecule has 0 saturated heterocycles. The van der Waals surface area contributed by atoms with Gasteiger partial charge in [0.05, 0.1) is 11.1 Å². The van der Waals surface area contributed by atoms with Crippen LogP contribution in [0.5, 0.6) is 0 Å². The molecule has 5 nitrogen and oxygen atoms in total. The maximum Gasteiger partial charge on any atom is 0.508 e. The molecule has 1 heterocycles. The number of hydrogen-bond acceptors (Lipinski definition) is 4. The first-order chi connectivity index (χ1) is 10.1. The Labute approximate surface area is 125 Å². The molecule has 0 aliphatic carbocycles. The van der Waals surface area contributed by atoms with Gasteiger partial charge in [0.1, 0.15) is 6.61 Å². The number of rotatable bonds is 8. The smallest absolute Gasteiger partial charge is 0.274 e. The van der Waals surface area contributed by atoms with Gasteiger partial charge in [-0.05, 0) is 23.1 Å². The van der Waals surface area contributed by atoms with E-state index in [2.05, 4.69) is 0 Å². The van der Waals surface area contributed by atoms with E-state index in [0.717, 1.165) is 12.8 Å². The lowest BCUT2D eigenvalue weighted by Gasteiger charge is -2.11. The summed E-state index contributed by atoms with van der Waals surface area (Å²) in [6.45, 7) is 2.82. The molecule has 1 atom stereocenters. The van der Waals surface area contributed by atoms with Gasteiger partial charge in [-0.2, -0.15) is 0 Å². The summed E-state index contributed by atoms with van der Waals surface area (Å²) in [5, 5.41) is 0. The molecule has 0 radical (unpaired) electrons. The van der Waals surface area contributed by atoms with Crippen molar-refractivity contribution in [2.45, 2.75) is 26.2 Å². The molecule has 0 saturated carbocycles. The highest BCUT2D eigenvalue weighted by atomic mass is 31.1. The third-order valence-electron chi connectivity index (χ3n) is 3.33. The Morgan fingerprint density at radius 3 is 2.29 bits per heavy atom. The monoisotopic (exact) mass is 308 g/mol. The molecule has 21 heavy (non-hydrogen) atoms. The molecule has 0 spiro atoms. The number of benzene rings is 1. The van der Waals surface area contributed by atoms with Crippen LogP contribution in [0.3, 0.4) is 0 Å². The van der Waals surface area contributed by atoms with Gasteiger partial charge in [-0.15, -0.1) is 4.52 Å². The maximum absolute atomic E-state index is 12.1. The molecule has 2 rings (SSSR count). The second-order valence-electron chi connectivity index (χ2n) is 4.90. The van der Waals surface area contributed by atoms with Gasteiger partial charge >= 0.3 is 8.03 Å². The Morgan fingerprint density at radius 1 is 1.10 bits per heavy atom. The molecule has 2 amide bonds. The van der Waals surface area contributed by atoms with Crippen molar-refractivity contribution in [1.29, 1.82) is 0 Å². The Bertz CT molecular complexity index is 523. The number of nitrogens with zero attached hydrogens (tertiary/aromatic N) is 1. The summed E-state index contributed by atoms with van der Waals surface area (Å²) in [6, 6.07) is 6.80. The zero-order chi connectivity index (χ0) is 15.2. The normalized spacial score (nSPS) is 14.5. The molecule has 0 bridgehead atoms. The first-order valence-corrected chi connectivity index (χ1v) is 8.54. The molecular weight excluding hydrogens is 289 g/mol. The van der Waals surface area contributed by atoms with E-state index in [0.29, 0.717) is 30.3 Å². The van der Waals surface area contributed by atoms with Gasteiger partial charge < -0.3 is 0 Å². The maximum atomic E-state index is 12.1. The van der Waals surface area contributed by atoms with Gasteiger partial charge in [0.2, 0.25) is 0 Å². The number of unbranched alkanes of at least 4 members (excludes halogenated alkanes) is 1. The number of amides is 2. The van der Waals surface area contributed by atoms with Crippen LogP contribution in [0.4, 0.5) is 0 Å². The van der Waals surface area contributed by atoms with E-state index in [4.69, 9.17) is 4.52 Å². The minimum atomic E-state index is -1.70. The van der Waals surface area contributed by atoms with Gasteiger partial charge in [-0.3, -0.25) is 14.5 Å². The van der Waals surface area contributed by atoms with Crippen molar-refractivity contribution in [3.05, 3.63) is 35.4 Å². The number of fused-ring (bicyclic) bond motifs is 1. The van der Waals surface area contributed by atoms with Crippen molar-refractivity contribution in [2.24, 2.45) is 0 Å². The van der Waals surface area contributed by atoms with Crippen LogP contribution in [0.15, 0.2) is 24.3 Å². The third kappa shape index (κ3) is 3.74. The van der Waals surface area contributed by atoms with Crippen LogP contribution in [0.2, 0.25) is 0 Å². The van der Waals surface area contributed by atoms with Crippen LogP contribution < -0.4 is 0 Å². The number of hydrogen-bond donors (Lipinski definition) is 0. The van der Waals surface area contributed by atoms with Crippen molar-refractivity contribution < 1.29 is 18.7 Å². The van der Waals surface area contributed by atoms with Gasteiger partial charge in [0, 0.05) is 13.0 Å². The fourth-order valence-electron chi connectivity index (χ4n) is 2.18. The molecule has 1 aromatic rings. The van der Waals surface area contributed by atoms with E-state index in [1.807, 2.05) is 6.92 Å². The lowest BCUT2D eigenvalue weighted by atomic mass is 10.1. The average molecular weight is 308 g/mol. The molecule has 1 aliphatic rings. The Balaban J connectivity index is 1.81. The Morgan fingerprint density at radius 2 is 1.71 bits per heavy atom. The summed E-state index contributed by atoms with van der Waals surface area (Å²) in [4.78, 5) is 25.4. The van der Waals surface area contributed by atoms with Crippen LogP contribution in [-0.2, 0) is 9.09 Å². The molecule has 6 heteroatoms. The second-order valence-corrected chi connectivity index (χ2v) is 6.28. The average Bonchev–Trinajstić information content (AvgIpc) is 2.73. The first-order valence-electron chi connectivity index (χ1n) is 7.18. The summed E-state index contributed by atoms with van der Waals surface area (Å²) in [7, 11) is -1.70. The predicted molar refractivity (Wildman–Crippen MR) is 79.8 cm³/mol. The van der Waals surface area contributed by atoms with Crippen LogP contribution >= 0.6 is 8.03 Å². The summed E-state index contributed by atoms with van der Waals surface area (Å²) < 4.78 is 16.8. The zero-order valence-electron chi connectivity index (χ0n) is 12.1. The topological polar surface area (TPSA) is 63.7 Å². The first kappa shape index (κ1) is 15.8. The minimum absolute atomic E-state index is 0.266. The van der Waals surface area contributed by atoms with E-state index < -0.39 is 8.03 Å². The SMILES string of the molecule is CCCCO[P+](=O)CCCN1C(=O)c2ccccc2C1=O. The molecule has 1 aromatic carbocycles. The van der Waals surface area contributed by atoms with Crippen molar-refractivity contribution in [1.82, 2.24) is 4.90 Å². The summed E-state index contributed by atoms with van der Waals surface area (Å²) >= 11 is 0. The largest absolute Gasteiger partial charge is 0.508 e. The van der Waals surface area contributed by atoms with E-state index in [9.17, 15) is 14.2 Å². The molecule has 112 valence electrons. The van der Waals surface area contributed by atoms with Crippen LogP contribution in [-0.4, -0.2) is 36.0 Å². The van der Waals surface area contributed by atoms with Crippen LogP contribution in [0.1, 0.15) is 46.9 Å². The second kappa shape index (κ2) is 7.43. The van der Waals surface area contributed by atoms with E-state index in [-0.39, 0.29) is 18.4 Å². The van der Waals surface area contributed by atoms with Gasteiger partial charge in [-0.1, -0.05) is 25.5 Å². The van der Waals surface area contributed by atoms with E-state index in [1.165, 1.54) is 4.90 Å². The quantitative estimate of drug-likeness (QED) is 0.420. The molecule has 0 aromatic heterocycles. The standard InChI is InChI=1S/C15H19NO4P/c1-2-3-10-20-21(19)11-6-9-16-14(17)12-7-4-5-8-13(12)15(16)18/h4-5,7-8H,2-3,6,9-11H2,1H3/q+1. The van der Waals surface area contributed by atoms with E-state index in [1.54, 1.807) is 24.3 Å². The van der Waals surface area contributed by atoms with E-state index >= 15 is 0 Å². The molecule has 0 N–H and O–H groups in total. The highest BCUT2D eigenvalue weighted by molar-refractivity contribution is 7.39. The lowest BCUT2D eigenvalue weighted by molar-refractivity contribution is 0.0654. The van der Waals surface area contributed by atoms with Gasteiger partial charge in [0.15, 0.2) is 6.16 Å². The zero-order valence-corrected chi connectivity index (χ0v) is 13.0. The fraction of sp³-hybridized carbons (Fsp3) is 0.467. The summed E-state index contributed by atoms with van der Waals surface area (Å²) in [6.07, 6.45) is 2.75.